The van der Waals surface area contributed by atoms with Crippen LogP contribution in [0.1, 0.15) is 24.6 Å². The van der Waals surface area contributed by atoms with Crippen molar-refractivity contribution in [3.8, 4) is 0 Å². The Morgan fingerprint density at radius 3 is 2.60 bits per heavy atom. The Kier molecular flexibility index (Phi) is 3.35. The van der Waals surface area contributed by atoms with Gasteiger partial charge in [0.25, 0.3) is 0 Å². The molecule has 0 N–H and O–H groups in total. The number of nitrogens with zero attached hydrogens (tertiary/aromatic N) is 1. The zero-order valence-corrected chi connectivity index (χ0v) is 11.5. The van der Waals surface area contributed by atoms with Crippen LogP contribution in [0.15, 0.2) is 52.0 Å². The molecule has 0 unspecified atom stereocenters. The highest BCUT2D eigenvalue weighted by molar-refractivity contribution is 7.89. The molecular weight excluding hydrogens is 281 g/mol. The van der Waals surface area contributed by atoms with E-state index in [0.29, 0.717) is 12.3 Å². The van der Waals surface area contributed by atoms with Crippen molar-refractivity contribution in [3.05, 3.63) is 54.2 Å². The summed E-state index contributed by atoms with van der Waals surface area (Å²) in [6.45, 7) is 0.449. The van der Waals surface area contributed by atoms with E-state index in [1.807, 2.05) is 0 Å². The predicted octanol–water partition coefficient (Wildman–Crippen LogP) is 2.94. The minimum atomic E-state index is -3.62. The monoisotopic (exact) mass is 295 g/mol. The molecule has 1 fully saturated rings. The van der Waals surface area contributed by atoms with E-state index in [1.54, 1.807) is 12.1 Å². The molecule has 0 aliphatic carbocycles. The summed E-state index contributed by atoms with van der Waals surface area (Å²) in [6, 6.07) is 8.15. The summed E-state index contributed by atoms with van der Waals surface area (Å²) >= 11 is 0. The second kappa shape index (κ2) is 5.03. The number of halogens is 1. The van der Waals surface area contributed by atoms with Crippen LogP contribution in [0.25, 0.3) is 0 Å². The number of sulfonamides is 1. The second-order valence-corrected chi connectivity index (χ2v) is 6.63. The Morgan fingerprint density at radius 2 is 1.95 bits per heavy atom. The molecule has 20 heavy (non-hydrogen) atoms. The van der Waals surface area contributed by atoms with Crippen LogP contribution in [-0.4, -0.2) is 19.3 Å². The third kappa shape index (κ3) is 2.25. The highest BCUT2D eigenvalue weighted by Gasteiger charge is 2.37. The quantitative estimate of drug-likeness (QED) is 0.874. The molecule has 0 bridgehead atoms. The van der Waals surface area contributed by atoms with E-state index in [1.165, 1.54) is 22.7 Å². The molecule has 1 aromatic heterocycles. The van der Waals surface area contributed by atoms with Crippen LogP contribution in [0, 0.1) is 5.82 Å². The minimum absolute atomic E-state index is 0.109. The summed E-state index contributed by atoms with van der Waals surface area (Å²) in [7, 11) is -3.62. The molecule has 6 heteroatoms. The molecule has 0 radical (unpaired) electrons. The van der Waals surface area contributed by atoms with Crippen LogP contribution in [0.2, 0.25) is 0 Å². The Hall–Kier alpha value is -1.66. The largest absolute Gasteiger partial charge is 0.468 e. The number of hydrogen-bond acceptors (Lipinski definition) is 3. The molecule has 1 saturated heterocycles. The summed E-state index contributed by atoms with van der Waals surface area (Å²) in [6.07, 6.45) is 3.05. The number of benzene rings is 1. The first-order valence-electron chi connectivity index (χ1n) is 6.40. The highest BCUT2D eigenvalue weighted by atomic mass is 32.2. The van der Waals surface area contributed by atoms with Crippen molar-refractivity contribution >= 4 is 10.0 Å². The van der Waals surface area contributed by atoms with Crippen molar-refractivity contribution in [2.24, 2.45) is 0 Å². The maximum atomic E-state index is 12.9. The molecule has 0 spiro atoms. The first kappa shape index (κ1) is 13.3. The van der Waals surface area contributed by atoms with Gasteiger partial charge in [0.15, 0.2) is 0 Å². The number of hydrogen-bond donors (Lipinski definition) is 0. The second-order valence-electron chi connectivity index (χ2n) is 4.74. The third-order valence-electron chi connectivity index (χ3n) is 3.50. The van der Waals surface area contributed by atoms with E-state index in [-0.39, 0.29) is 10.9 Å². The summed E-state index contributed by atoms with van der Waals surface area (Å²) in [5.74, 6) is 0.196. The zero-order valence-electron chi connectivity index (χ0n) is 10.7. The van der Waals surface area contributed by atoms with Crippen molar-refractivity contribution in [2.75, 3.05) is 6.54 Å². The Morgan fingerprint density at radius 1 is 1.20 bits per heavy atom. The average molecular weight is 295 g/mol. The van der Waals surface area contributed by atoms with Crippen molar-refractivity contribution in [1.29, 1.82) is 0 Å². The molecule has 1 aliphatic heterocycles. The van der Waals surface area contributed by atoms with E-state index in [2.05, 4.69) is 0 Å². The van der Waals surface area contributed by atoms with Crippen molar-refractivity contribution in [1.82, 2.24) is 4.31 Å². The lowest BCUT2D eigenvalue weighted by atomic mass is 10.2. The van der Waals surface area contributed by atoms with Gasteiger partial charge in [-0.05, 0) is 49.2 Å². The van der Waals surface area contributed by atoms with Crippen LogP contribution < -0.4 is 0 Å². The highest BCUT2D eigenvalue weighted by Crippen LogP contribution is 2.36. The van der Waals surface area contributed by atoms with E-state index < -0.39 is 15.8 Å². The van der Waals surface area contributed by atoms with Gasteiger partial charge >= 0.3 is 0 Å². The fraction of sp³-hybridized carbons (Fsp3) is 0.286. The Balaban J connectivity index is 1.96. The molecule has 0 saturated carbocycles. The Bertz CT molecular complexity index is 680. The van der Waals surface area contributed by atoms with E-state index in [4.69, 9.17) is 4.42 Å². The molecular formula is C14H14FNO3S. The molecule has 1 aliphatic rings. The molecule has 4 nitrogen and oxygen atoms in total. The lowest BCUT2D eigenvalue weighted by molar-refractivity contribution is 0.339. The van der Waals surface area contributed by atoms with Gasteiger partial charge in [0, 0.05) is 6.54 Å². The van der Waals surface area contributed by atoms with E-state index in [0.717, 1.165) is 25.0 Å². The van der Waals surface area contributed by atoms with Gasteiger partial charge in [-0.1, -0.05) is 0 Å². The lowest BCUT2D eigenvalue weighted by Gasteiger charge is -2.22. The summed E-state index contributed by atoms with van der Waals surface area (Å²) in [5.41, 5.74) is 0. The van der Waals surface area contributed by atoms with Gasteiger partial charge in [0.1, 0.15) is 11.6 Å². The topological polar surface area (TPSA) is 50.5 Å². The van der Waals surface area contributed by atoms with Crippen LogP contribution >= 0.6 is 0 Å². The van der Waals surface area contributed by atoms with Crippen LogP contribution in [0.3, 0.4) is 0 Å². The maximum Gasteiger partial charge on any atom is 0.243 e. The molecule has 0 amide bonds. The maximum absolute atomic E-state index is 12.9. The smallest absolute Gasteiger partial charge is 0.243 e. The number of furan rings is 1. The SMILES string of the molecule is O=S(=O)(c1ccc(F)cc1)N1CCC[C@H]1c1ccco1. The van der Waals surface area contributed by atoms with Crippen LogP contribution in [-0.2, 0) is 10.0 Å². The van der Waals surface area contributed by atoms with E-state index >= 15 is 0 Å². The molecule has 2 aromatic rings. The minimum Gasteiger partial charge on any atom is -0.468 e. The fourth-order valence-electron chi connectivity index (χ4n) is 2.54. The third-order valence-corrected chi connectivity index (χ3v) is 5.42. The predicted molar refractivity (Wildman–Crippen MR) is 71.0 cm³/mol. The molecule has 1 aromatic carbocycles. The first-order chi connectivity index (χ1) is 9.59. The Labute approximate surface area is 116 Å². The molecule has 1 atom stereocenters. The normalized spacial score (nSPS) is 20.4. The fourth-order valence-corrected chi connectivity index (χ4v) is 4.20. The molecule has 3 rings (SSSR count). The van der Waals surface area contributed by atoms with Gasteiger partial charge in [-0.2, -0.15) is 4.31 Å². The van der Waals surface area contributed by atoms with Crippen LogP contribution in [0.5, 0.6) is 0 Å². The summed E-state index contributed by atoms with van der Waals surface area (Å²) < 4.78 is 44.9. The van der Waals surface area contributed by atoms with Gasteiger partial charge in [-0.25, -0.2) is 12.8 Å². The van der Waals surface area contributed by atoms with Gasteiger partial charge in [0.2, 0.25) is 10.0 Å². The van der Waals surface area contributed by atoms with Gasteiger partial charge < -0.3 is 4.42 Å². The summed E-state index contributed by atoms with van der Waals surface area (Å²) in [5, 5.41) is 0. The van der Waals surface area contributed by atoms with Gasteiger partial charge in [-0.15, -0.1) is 0 Å². The summed E-state index contributed by atoms with van der Waals surface area (Å²) in [4.78, 5) is 0.109. The zero-order chi connectivity index (χ0) is 14.2. The van der Waals surface area contributed by atoms with Crippen molar-refractivity contribution in [3.63, 3.8) is 0 Å². The molecule has 106 valence electrons. The van der Waals surface area contributed by atoms with Crippen molar-refractivity contribution in [2.45, 2.75) is 23.8 Å². The molecule has 2 heterocycles. The lowest BCUT2D eigenvalue weighted by Crippen LogP contribution is -2.30. The van der Waals surface area contributed by atoms with Crippen LogP contribution in [0.4, 0.5) is 4.39 Å². The average Bonchev–Trinajstić information content (AvgIpc) is 3.10. The number of rotatable bonds is 3. The standard InChI is InChI=1S/C14H14FNO3S/c15-11-5-7-12(8-6-11)20(17,18)16-9-1-3-13(16)14-4-2-10-19-14/h2,4-8,10,13H,1,3,9H2/t13-/m0/s1. The first-order valence-corrected chi connectivity index (χ1v) is 7.84. The van der Waals surface area contributed by atoms with Crippen molar-refractivity contribution < 1.29 is 17.2 Å². The van der Waals surface area contributed by atoms with E-state index in [9.17, 15) is 12.8 Å². The van der Waals surface area contributed by atoms with Gasteiger partial charge in [0.05, 0.1) is 17.2 Å². The van der Waals surface area contributed by atoms with Gasteiger partial charge in [-0.3, -0.25) is 0 Å².